The Kier molecular flexibility index (Phi) is 2.39. The zero-order chi connectivity index (χ0) is 10.1. The number of nitrogens with zero attached hydrogens (tertiary/aromatic N) is 1. The predicted octanol–water partition coefficient (Wildman–Crippen LogP) is 1.52. The van der Waals surface area contributed by atoms with Gasteiger partial charge in [0.2, 0.25) is 0 Å². The molecular weight excluding hydrogens is 244 g/mol. The first-order chi connectivity index (χ1) is 6.72. The first-order valence-corrected chi connectivity index (χ1v) is 5.01. The van der Waals surface area contributed by atoms with Crippen molar-refractivity contribution in [2.45, 2.75) is 6.54 Å². The highest BCUT2D eigenvalue weighted by molar-refractivity contribution is 9.10. The van der Waals surface area contributed by atoms with Crippen LogP contribution in [0, 0.1) is 0 Å². The number of rotatable bonds is 1. The summed E-state index contributed by atoms with van der Waals surface area (Å²) in [4.78, 5) is 11.5. The quantitative estimate of drug-likeness (QED) is 0.837. The lowest BCUT2D eigenvalue weighted by Gasteiger charge is -2.05. The number of aromatic nitrogens is 1. The number of hydrogen-bond donors (Lipinski definition) is 1. The first-order valence-electron chi connectivity index (χ1n) is 4.22. The van der Waals surface area contributed by atoms with Crippen LogP contribution >= 0.6 is 15.9 Å². The molecule has 72 valence electrons. The molecule has 2 rings (SSSR count). The Morgan fingerprint density at radius 2 is 2.14 bits per heavy atom. The van der Waals surface area contributed by atoms with Crippen molar-refractivity contribution in [3.05, 3.63) is 50.9 Å². The third-order valence-corrected chi connectivity index (χ3v) is 2.62. The molecule has 0 spiro atoms. The molecule has 2 aromatic heterocycles. The highest BCUT2D eigenvalue weighted by Gasteiger charge is 2.01. The molecule has 0 bridgehead atoms. The number of hydrogen-bond acceptors (Lipinski definition) is 2. The lowest BCUT2D eigenvalue weighted by molar-refractivity contribution is 1.02. The third-order valence-electron chi connectivity index (χ3n) is 2.13. The van der Waals surface area contributed by atoms with Crippen molar-refractivity contribution in [3.63, 3.8) is 0 Å². The van der Waals surface area contributed by atoms with Crippen LogP contribution in [0.15, 0.2) is 39.7 Å². The summed E-state index contributed by atoms with van der Waals surface area (Å²) in [5.41, 5.74) is 7.37. The predicted molar refractivity (Wildman–Crippen MR) is 59.3 cm³/mol. The normalized spacial score (nSPS) is 10.7. The van der Waals surface area contributed by atoms with Crippen molar-refractivity contribution in [1.29, 1.82) is 0 Å². The second-order valence-electron chi connectivity index (χ2n) is 3.00. The zero-order valence-electron chi connectivity index (χ0n) is 7.40. The van der Waals surface area contributed by atoms with Gasteiger partial charge in [0.1, 0.15) is 0 Å². The van der Waals surface area contributed by atoms with Crippen LogP contribution in [-0.2, 0) is 6.54 Å². The van der Waals surface area contributed by atoms with Crippen molar-refractivity contribution < 1.29 is 0 Å². The monoisotopic (exact) mass is 252 g/mol. The molecule has 3 nitrogen and oxygen atoms in total. The van der Waals surface area contributed by atoms with Crippen molar-refractivity contribution in [2.75, 3.05) is 0 Å². The summed E-state index contributed by atoms with van der Waals surface area (Å²) < 4.78 is 2.53. The molecule has 0 aromatic carbocycles. The summed E-state index contributed by atoms with van der Waals surface area (Å²) in [5.74, 6) is 0. The van der Waals surface area contributed by atoms with E-state index in [1.807, 2.05) is 12.1 Å². The first kappa shape index (κ1) is 9.43. The molecule has 0 aliphatic heterocycles. The SMILES string of the molecule is NCc1ccc(=O)n2ccc(Br)cc12. The summed E-state index contributed by atoms with van der Waals surface area (Å²) in [5, 5.41) is 0. The summed E-state index contributed by atoms with van der Waals surface area (Å²) in [7, 11) is 0. The fraction of sp³-hybridized carbons (Fsp3) is 0.100. The number of halogens is 1. The van der Waals surface area contributed by atoms with Crippen LogP contribution in [0.5, 0.6) is 0 Å². The molecular formula is C10H9BrN2O. The zero-order valence-corrected chi connectivity index (χ0v) is 8.99. The van der Waals surface area contributed by atoms with E-state index in [-0.39, 0.29) is 5.56 Å². The lowest BCUT2D eigenvalue weighted by atomic mass is 10.2. The molecule has 14 heavy (non-hydrogen) atoms. The van der Waals surface area contributed by atoms with E-state index < -0.39 is 0 Å². The molecule has 0 fully saturated rings. The topological polar surface area (TPSA) is 47.5 Å². The van der Waals surface area contributed by atoms with Gasteiger partial charge in [0.25, 0.3) is 5.56 Å². The van der Waals surface area contributed by atoms with Crippen molar-refractivity contribution >= 4 is 21.4 Å². The molecule has 0 radical (unpaired) electrons. The summed E-state index contributed by atoms with van der Waals surface area (Å²) >= 11 is 3.36. The minimum Gasteiger partial charge on any atom is -0.326 e. The molecule has 0 amide bonds. The second-order valence-corrected chi connectivity index (χ2v) is 3.92. The van der Waals surface area contributed by atoms with E-state index in [1.54, 1.807) is 16.7 Å². The Hall–Kier alpha value is -1.13. The third kappa shape index (κ3) is 1.47. The summed E-state index contributed by atoms with van der Waals surface area (Å²) in [6.07, 6.45) is 1.74. The lowest BCUT2D eigenvalue weighted by Crippen LogP contribution is -2.14. The van der Waals surface area contributed by atoms with Gasteiger partial charge in [-0.25, -0.2) is 0 Å². The van der Waals surface area contributed by atoms with Crippen LogP contribution in [0.4, 0.5) is 0 Å². The van der Waals surface area contributed by atoms with Gasteiger partial charge in [0.05, 0.1) is 5.52 Å². The second kappa shape index (κ2) is 3.55. The van der Waals surface area contributed by atoms with Crippen molar-refractivity contribution in [3.8, 4) is 0 Å². The van der Waals surface area contributed by atoms with Gasteiger partial charge in [0, 0.05) is 23.3 Å². The van der Waals surface area contributed by atoms with Gasteiger partial charge in [0.15, 0.2) is 0 Å². The van der Waals surface area contributed by atoms with Gasteiger partial charge < -0.3 is 5.73 Å². The average Bonchev–Trinajstić information content (AvgIpc) is 2.18. The van der Waals surface area contributed by atoms with E-state index in [4.69, 9.17) is 5.73 Å². The van der Waals surface area contributed by atoms with E-state index in [9.17, 15) is 4.79 Å². The number of nitrogens with two attached hydrogens (primary N) is 1. The maximum absolute atomic E-state index is 11.5. The minimum atomic E-state index is -0.0373. The Morgan fingerprint density at radius 1 is 1.36 bits per heavy atom. The summed E-state index contributed by atoms with van der Waals surface area (Å²) in [6, 6.07) is 7.02. The molecule has 0 saturated carbocycles. The molecule has 2 heterocycles. The highest BCUT2D eigenvalue weighted by Crippen LogP contribution is 2.14. The number of pyridine rings is 2. The van der Waals surface area contributed by atoms with Gasteiger partial charge in [-0.05, 0) is 17.7 Å². The standard InChI is InChI=1S/C10H9BrN2O/c11-8-3-4-13-9(5-8)7(6-12)1-2-10(13)14/h1-5H,6,12H2. The largest absolute Gasteiger partial charge is 0.326 e. The van der Waals surface area contributed by atoms with Crippen LogP contribution < -0.4 is 11.3 Å². The van der Waals surface area contributed by atoms with E-state index >= 15 is 0 Å². The van der Waals surface area contributed by atoms with Gasteiger partial charge in [-0.15, -0.1) is 0 Å². The van der Waals surface area contributed by atoms with Crippen LogP contribution in [0.25, 0.3) is 5.52 Å². The van der Waals surface area contributed by atoms with E-state index in [1.165, 1.54) is 6.07 Å². The molecule has 0 saturated heterocycles. The van der Waals surface area contributed by atoms with Crippen LogP contribution in [0.2, 0.25) is 0 Å². The molecule has 4 heteroatoms. The van der Waals surface area contributed by atoms with Gasteiger partial charge in [-0.2, -0.15) is 0 Å². The van der Waals surface area contributed by atoms with Gasteiger partial charge in [-0.1, -0.05) is 22.0 Å². The van der Waals surface area contributed by atoms with Crippen LogP contribution in [0.1, 0.15) is 5.56 Å². The molecule has 0 unspecified atom stereocenters. The Bertz CT molecular complexity index is 533. The molecule has 0 aliphatic rings. The smallest absolute Gasteiger partial charge is 0.255 e. The Balaban J connectivity index is 2.92. The maximum atomic E-state index is 11.5. The van der Waals surface area contributed by atoms with E-state index in [0.717, 1.165) is 15.6 Å². The highest BCUT2D eigenvalue weighted by atomic mass is 79.9. The van der Waals surface area contributed by atoms with Crippen molar-refractivity contribution in [2.24, 2.45) is 5.73 Å². The maximum Gasteiger partial charge on any atom is 0.255 e. The Morgan fingerprint density at radius 3 is 2.86 bits per heavy atom. The van der Waals surface area contributed by atoms with E-state index in [2.05, 4.69) is 15.9 Å². The molecule has 2 N–H and O–H groups in total. The fourth-order valence-electron chi connectivity index (χ4n) is 1.42. The minimum absolute atomic E-state index is 0.0373. The van der Waals surface area contributed by atoms with E-state index in [0.29, 0.717) is 6.54 Å². The van der Waals surface area contributed by atoms with Gasteiger partial charge >= 0.3 is 0 Å². The van der Waals surface area contributed by atoms with Crippen molar-refractivity contribution in [1.82, 2.24) is 4.40 Å². The molecule has 0 aliphatic carbocycles. The molecule has 0 atom stereocenters. The van der Waals surface area contributed by atoms with Gasteiger partial charge in [-0.3, -0.25) is 9.20 Å². The average molecular weight is 253 g/mol. The molecule has 2 aromatic rings. The fourth-order valence-corrected chi connectivity index (χ4v) is 1.76. The number of fused-ring (bicyclic) bond motifs is 1. The van der Waals surface area contributed by atoms with Crippen LogP contribution in [0.3, 0.4) is 0 Å². The Labute approximate surface area is 89.3 Å². The van der Waals surface area contributed by atoms with Crippen LogP contribution in [-0.4, -0.2) is 4.40 Å². The summed E-state index contributed by atoms with van der Waals surface area (Å²) in [6.45, 7) is 0.431.